The van der Waals surface area contributed by atoms with Crippen molar-refractivity contribution in [2.24, 2.45) is 0 Å². The third kappa shape index (κ3) is 3.11. The standard InChI is InChI=1S/C15H15F3N2O3/c16-12-4-3-10(23-15(17)18)6-11(12)14(22)20-8-1-2-9(20)7-19-13(21)5-8/h3-4,6,8-9,15H,1-2,5,7H2,(H,19,21). The van der Waals surface area contributed by atoms with Crippen LogP contribution in [0.1, 0.15) is 29.6 Å². The fourth-order valence-corrected chi connectivity index (χ4v) is 3.19. The third-order valence-electron chi connectivity index (χ3n) is 4.20. The molecule has 2 heterocycles. The van der Waals surface area contributed by atoms with Crippen molar-refractivity contribution in [3.8, 4) is 5.75 Å². The van der Waals surface area contributed by atoms with Crippen LogP contribution in [0.2, 0.25) is 0 Å². The molecule has 0 spiro atoms. The van der Waals surface area contributed by atoms with Gasteiger partial charge in [0.25, 0.3) is 5.91 Å². The summed E-state index contributed by atoms with van der Waals surface area (Å²) in [4.78, 5) is 25.8. The summed E-state index contributed by atoms with van der Waals surface area (Å²) in [5.41, 5.74) is -0.325. The van der Waals surface area contributed by atoms with Gasteiger partial charge in [0.1, 0.15) is 11.6 Å². The lowest BCUT2D eigenvalue weighted by Gasteiger charge is -2.27. The Hall–Kier alpha value is -2.25. The second-order valence-corrected chi connectivity index (χ2v) is 5.63. The van der Waals surface area contributed by atoms with Crippen molar-refractivity contribution in [3.05, 3.63) is 29.6 Å². The number of nitrogens with one attached hydrogen (secondary N) is 1. The molecule has 124 valence electrons. The summed E-state index contributed by atoms with van der Waals surface area (Å²) >= 11 is 0. The van der Waals surface area contributed by atoms with Crippen LogP contribution in [0.25, 0.3) is 0 Å². The molecule has 23 heavy (non-hydrogen) atoms. The highest BCUT2D eigenvalue weighted by molar-refractivity contribution is 5.96. The molecule has 0 radical (unpaired) electrons. The van der Waals surface area contributed by atoms with Crippen molar-refractivity contribution in [2.75, 3.05) is 6.54 Å². The summed E-state index contributed by atoms with van der Waals surface area (Å²) in [6.07, 6.45) is 1.54. The molecule has 2 aliphatic heterocycles. The van der Waals surface area contributed by atoms with Crippen molar-refractivity contribution in [2.45, 2.75) is 38.0 Å². The number of nitrogens with zero attached hydrogens (tertiary/aromatic N) is 1. The molecule has 8 heteroatoms. The molecule has 2 saturated heterocycles. The van der Waals surface area contributed by atoms with Crippen LogP contribution in [-0.2, 0) is 4.79 Å². The first-order valence-corrected chi connectivity index (χ1v) is 7.29. The number of benzene rings is 1. The van der Waals surface area contributed by atoms with Crippen LogP contribution in [0.3, 0.4) is 0 Å². The number of carbonyl (C=O) groups is 2. The lowest BCUT2D eigenvalue weighted by Crippen LogP contribution is -2.42. The van der Waals surface area contributed by atoms with Crippen LogP contribution in [0.4, 0.5) is 13.2 Å². The Labute approximate surface area is 130 Å². The van der Waals surface area contributed by atoms with Gasteiger partial charge in [0.15, 0.2) is 0 Å². The predicted molar refractivity (Wildman–Crippen MR) is 73.6 cm³/mol. The van der Waals surface area contributed by atoms with Crippen LogP contribution in [0.5, 0.6) is 5.75 Å². The van der Waals surface area contributed by atoms with Crippen LogP contribution in [0.15, 0.2) is 18.2 Å². The third-order valence-corrected chi connectivity index (χ3v) is 4.20. The van der Waals surface area contributed by atoms with E-state index in [4.69, 9.17) is 0 Å². The topological polar surface area (TPSA) is 58.6 Å². The molecule has 0 saturated carbocycles. The highest BCUT2D eigenvalue weighted by Gasteiger charge is 2.41. The molecule has 3 rings (SSSR count). The van der Waals surface area contributed by atoms with E-state index in [1.165, 1.54) is 4.90 Å². The predicted octanol–water partition coefficient (Wildman–Crippen LogP) is 1.92. The molecule has 0 aromatic heterocycles. The summed E-state index contributed by atoms with van der Waals surface area (Å²) in [6.45, 7) is -2.74. The van der Waals surface area contributed by atoms with Gasteiger partial charge in [-0.15, -0.1) is 0 Å². The van der Waals surface area contributed by atoms with Gasteiger partial charge in [-0.3, -0.25) is 9.59 Å². The van der Waals surface area contributed by atoms with E-state index in [1.54, 1.807) is 0 Å². The van der Waals surface area contributed by atoms with E-state index in [0.29, 0.717) is 19.4 Å². The van der Waals surface area contributed by atoms with Gasteiger partial charge >= 0.3 is 6.61 Å². The SMILES string of the molecule is O=C1CC2CCC(CN1)N2C(=O)c1cc(OC(F)F)ccc1F. The number of ether oxygens (including phenoxy) is 1. The average Bonchev–Trinajstić information content (AvgIpc) is 2.79. The Morgan fingerprint density at radius 2 is 2.04 bits per heavy atom. The van der Waals surface area contributed by atoms with Crippen molar-refractivity contribution in [1.29, 1.82) is 0 Å². The Morgan fingerprint density at radius 1 is 1.30 bits per heavy atom. The summed E-state index contributed by atoms with van der Waals surface area (Å²) in [6, 6.07) is 2.44. The number of hydrogen-bond acceptors (Lipinski definition) is 3. The van der Waals surface area contributed by atoms with Gasteiger partial charge in [-0.2, -0.15) is 8.78 Å². The molecule has 2 aliphatic rings. The monoisotopic (exact) mass is 328 g/mol. The Bertz CT molecular complexity index is 638. The molecule has 5 nitrogen and oxygen atoms in total. The molecule has 1 N–H and O–H groups in total. The highest BCUT2D eigenvalue weighted by Crippen LogP contribution is 2.31. The smallest absolute Gasteiger partial charge is 0.387 e. The van der Waals surface area contributed by atoms with Gasteiger partial charge in [0, 0.05) is 25.0 Å². The first-order valence-electron chi connectivity index (χ1n) is 7.29. The second-order valence-electron chi connectivity index (χ2n) is 5.63. The minimum atomic E-state index is -3.06. The minimum absolute atomic E-state index is 0.148. The van der Waals surface area contributed by atoms with Crippen molar-refractivity contribution >= 4 is 11.8 Å². The molecule has 1 aromatic carbocycles. The zero-order valence-electron chi connectivity index (χ0n) is 12.1. The summed E-state index contributed by atoms with van der Waals surface area (Å²) in [7, 11) is 0. The molecule has 1 aromatic rings. The fraction of sp³-hybridized carbons (Fsp3) is 0.467. The van der Waals surface area contributed by atoms with Crippen molar-refractivity contribution < 1.29 is 27.5 Å². The van der Waals surface area contributed by atoms with Crippen molar-refractivity contribution in [1.82, 2.24) is 10.2 Å². The molecule has 0 aliphatic carbocycles. The number of halogens is 3. The molecular formula is C15H15F3N2O3. The van der Waals surface area contributed by atoms with E-state index < -0.39 is 18.3 Å². The van der Waals surface area contributed by atoms with E-state index in [2.05, 4.69) is 10.1 Å². The number of hydrogen-bond donors (Lipinski definition) is 1. The van der Waals surface area contributed by atoms with Crippen LogP contribution < -0.4 is 10.1 Å². The average molecular weight is 328 g/mol. The maximum Gasteiger partial charge on any atom is 0.387 e. The zero-order valence-corrected chi connectivity index (χ0v) is 12.1. The van der Waals surface area contributed by atoms with Gasteiger partial charge in [-0.05, 0) is 31.0 Å². The van der Waals surface area contributed by atoms with E-state index in [1.807, 2.05) is 0 Å². The van der Waals surface area contributed by atoms with Crippen LogP contribution in [0, 0.1) is 5.82 Å². The minimum Gasteiger partial charge on any atom is -0.435 e. The molecule has 2 unspecified atom stereocenters. The maximum atomic E-state index is 14.0. The molecule has 2 fully saturated rings. The molecule has 2 bridgehead atoms. The second kappa shape index (κ2) is 6.10. The summed E-state index contributed by atoms with van der Waals surface area (Å²) in [5.74, 6) is -1.84. The highest BCUT2D eigenvalue weighted by atomic mass is 19.3. The first-order chi connectivity index (χ1) is 11.0. The Kier molecular flexibility index (Phi) is 4.14. The number of carbonyl (C=O) groups excluding carboxylic acids is 2. The van der Waals surface area contributed by atoms with Gasteiger partial charge in [-0.25, -0.2) is 4.39 Å². The molecule has 2 atom stereocenters. The van der Waals surface area contributed by atoms with Crippen molar-refractivity contribution in [3.63, 3.8) is 0 Å². The van der Waals surface area contributed by atoms with Crippen LogP contribution >= 0.6 is 0 Å². The van der Waals surface area contributed by atoms with E-state index in [9.17, 15) is 22.8 Å². The number of amides is 2. The molecular weight excluding hydrogens is 313 g/mol. The van der Waals surface area contributed by atoms with Gasteiger partial charge in [-0.1, -0.05) is 0 Å². The maximum absolute atomic E-state index is 14.0. The number of rotatable bonds is 3. The van der Waals surface area contributed by atoms with E-state index in [-0.39, 0.29) is 35.7 Å². The number of alkyl halides is 2. The van der Waals surface area contributed by atoms with E-state index in [0.717, 1.165) is 18.2 Å². The van der Waals surface area contributed by atoms with Gasteiger partial charge in [0.2, 0.25) is 5.91 Å². The quantitative estimate of drug-likeness (QED) is 0.922. The Morgan fingerprint density at radius 3 is 2.78 bits per heavy atom. The lowest BCUT2D eigenvalue weighted by atomic mass is 10.1. The summed E-state index contributed by atoms with van der Waals surface area (Å²) < 4.78 is 42.8. The van der Waals surface area contributed by atoms with Gasteiger partial charge in [0.05, 0.1) is 5.56 Å². The normalized spacial score (nSPS) is 23.7. The van der Waals surface area contributed by atoms with E-state index >= 15 is 0 Å². The largest absolute Gasteiger partial charge is 0.435 e. The fourth-order valence-electron chi connectivity index (χ4n) is 3.19. The molecule has 2 amide bonds. The lowest BCUT2D eigenvalue weighted by molar-refractivity contribution is -0.121. The zero-order chi connectivity index (χ0) is 16.6. The first kappa shape index (κ1) is 15.6. The Balaban J connectivity index is 1.89. The van der Waals surface area contributed by atoms with Gasteiger partial charge < -0.3 is 15.0 Å². The van der Waals surface area contributed by atoms with Crippen LogP contribution in [-0.4, -0.2) is 42.0 Å². The number of fused-ring (bicyclic) bond motifs is 2. The summed E-state index contributed by atoms with van der Waals surface area (Å²) in [5, 5.41) is 2.71.